The summed E-state index contributed by atoms with van der Waals surface area (Å²) in [6.07, 6.45) is 2.58. The number of benzene rings is 1. The molecule has 2 N–H and O–H groups in total. The van der Waals surface area contributed by atoms with Gasteiger partial charge in [-0.1, -0.05) is 24.3 Å². The summed E-state index contributed by atoms with van der Waals surface area (Å²) in [7, 11) is 0. The standard InChI is InChI=1S/C18H26N2O2/c1-17(2,3)22-16(21)20-10-8-18(9-11-20)14-7-5-4-6-13(14)12-15(18)19/h4-7,15H,8-12,19H2,1-3H3/t15-/m0/s1. The predicted octanol–water partition coefficient (Wildman–Crippen LogP) is 2.84. The smallest absolute Gasteiger partial charge is 0.410 e. The zero-order chi connectivity index (χ0) is 16.0. The maximum Gasteiger partial charge on any atom is 0.410 e. The first-order valence-corrected chi connectivity index (χ1v) is 8.14. The van der Waals surface area contributed by atoms with Crippen LogP contribution in [0.2, 0.25) is 0 Å². The topological polar surface area (TPSA) is 55.6 Å². The van der Waals surface area contributed by atoms with E-state index in [9.17, 15) is 4.79 Å². The largest absolute Gasteiger partial charge is 0.444 e. The average molecular weight is 302 g/mol. The van der Waals surface area contributed by atoms with Crippen molar-refractivity contribution in [3.8, 4) is 0 Å². The van der Waals surface area contributed by atoms with Gasteiger partial charge in [0.2, 0.25) is 0 Å². The maximum absolute atomic E-state index is 12.2. The predicted molar refractivity (Wildman–Crippen MR) is 86.8 cm³/mol. The number of hydrogen-bond acceptors (Lipinski definition) is 3. The molecular weight excluding hydrogens is 276 g/mol. The van der Waals surface area contributed by atoms with Crippen LogP contribution >= 0.6 is 0 Å². The van der Waals surface area contributed by atoms with Crippen molar-refractivity contribution < 1.29 is 9.53 Å². The van der Waals surface area contributed by atoms with Gasteiger partial charge < -0.3 is 15.4 Å². The third-order valence-electron chi connectivity index (χ3n) is 5.01. The van der Waals surface area contributed by atoms with Gasteiger partial charge in [-0.05, 0) is 51.2 Å². The molecule has 22 heavy (non-hydrogen) atoms. The summed E-state index contributed by atoms with van der Waals surface area (Å²) in [6, 6.07) is 8.74. The third kappa shape index (κ3) is 2.60. The quantitative estimate of drug-likeness (QED) is 0.802. The molecule has 1 heterocycles. The van der Waals surface area contributed by atoms with E-state index >= 15 is 0 Å². The molecule has 1 aromatic rings. The van der Waals surface area contributed by atoms with Gasteiger partial charge in [0.25, 0.3) is 0 Å². The number of carbonyl (C=O) groups excluding carboxylic acids is 1. The molecule has 1 amide bonds. The second-order valence-electron chi connectivity index (χ2n) is 7.59. The number of nitrogens with zero attached hydrogens (tertiary/aromatic N) is 1. The molecule has 4 nitrogen and oxygen atoms in total. The molecule has 1 atom stereocenters. The summed E-state index contributed by atoms with van der Waals surface area (Å²) >= 11 is 0. The lowest BCUT2D eigenvalue weighted by atomic mass is 9.71. The molecule has 1 aliphatic carbocycles. The van der Waals surface area contributed by atoms with E-state index in [1.165, 1.54) is 11.1 Å². The molecule has 3 rings (SSSR count). The Morgan fingerprint density at radius 1 is 1.27 bits per heavy atom. The van der Waals surface area contributed by atoms with Crippen molar-refractivity contribution in [2.45, 2.75) is 57.1 Å². The highest BCUT2D eigenvalue weighted by atomic mass is 16.6. The first kappa shape index (κ1) is 15.3. The molecular formula is C18H26N2O2. The summed E-state index contributed by atoms with van der Waals surface area (Å²) in [6.45, 7) is 7.15. The fraction of sp³-hybridized carbons (Fsp3) is 0.611. The molecule has 2 aliphatic rings. The Morgan fingerprint density at radius 2 is 1.91 bits per heavy atom. The molecule has 4 heteroatoms. The summed E-state index contributed by atoms with van der Waals surface area (Å²) in [5.74, 6) is 0. The molecule has 0 saturated carbocycles. The van der Waals surface area contributed by atoms with Gasteiger partial charge in [-0.25, -0.2) is 4.79 Å². The van der Waals surface area contributed by atoms with Crippen LogP contribution in [-0.4, -0.2) is 35.7 Å². The van der Waals surface area contributed by atoms with Crippen molar-refractivity contribution in [1.29, 1.82) is 0 Å². The Bertz CT molecular complexity index is 569. The van der Waals surface area contributed by atoms with Gasteiger partial charge in [-0.3, -0.25) is 0 Å². The lowest BCUT2D eigenvalue weighted by Crippen LogP contribution is -2.52. The molecule has 0 unspecified atom stereocenters. The van der Waals surface area contributed by atoms with Crippen LogP contribution in [0.5, 0.6) is 0 Å². The van der Waals surface area contributed by atoms with E-state index in [0.717, 1.165) is 32.4 Å². The van der Waals surface area contributed by atoms with Crippen LogP contribution in [0.25, 0.3) is 0 Å². The number of amides is 1. The minimum Gasteiger partial charge on any atom is -0.444 e. The van der Waals surface area contributed by atoms with Crippen molar-refractivity contribution >= 4 is 6.09 Å². The van der Waals surface area contributed by atoms with E-state index in [-0.39, 0.29) is 17.6 Å². The van der Waals surface area contributed by atoms with Crippen molar-refractivity contribution in [2.24, 2.45) is 5.73 Å². The van der Waals surface area contributed by atoms with Gasteiger partial charge in [0, 0.05) is 24.5 Å². The number of piperidine rings is 1. The van der Waals surface area contributed by atoms with E-state index in [0.29, 0.717) is 0 Å². The van der Waals surface area contributed by atoms with E-state index in [2.05, 4.69) is 24.3 Å². The number of likely N-dealkylation sites (tertiary alicyclic amines) is 1. The van der Waals surface area contributed by atoms with Gasteiger partial charge >= 0.3 is 6.09 Å². The van der Waals surface area contributed by atoms with Gasteiger partial charge in [-0.2, -0.15) is 0 Å². The van der Waals surface area contributed by atoms with Crippen molar-refractivity contribution in [3.63, 3.8) is 0 Å². The van der Waals surface area contributed by atoms with Crippen molar-refractivity contribution in [1.82, 2.24) is 4.90 Å². The Hall–Kier alpha value is -1.55. The van der Waals surface area contributed by atoms with Crippen LogP contribution in [0.4, 0.5) is 4.79 Å². The molecule has 120 valence electrons. The first-order valence-electron chi connectivity index (χ1n) is 8.14. The Labute approximate surface area is 132 Å². The molecule has 1 saturated heterocycles. The van der Waals surface area contributed by atoms with E-state index in [1.807, 2.05) is 25.7 Å². The van der Waals surface area contributed by atoms with E-state index in [1.54, 1.807) is 0 Å². The molecule has 0 aromatic heterocycles. The van der Waals surface area contributed by atoms with Crippen molar-refractivity contribution in [3.05, 3.63) is 35.4 Å². The van der Waals surface area contributed by atoms with Crippen LogP contribution in [0.15, 0.2) is 24.3 Å². The SMILES string of the molecule is CC(C)(C)OC(=O)N1CCC2(CC1)c1ccccc1C[C@@H]2N. The van der Waals surface area contributed by atoms with Crippen LogP contribution in [0, 0.1) is 0 Å². The number of rotatable bonds is 0. The third-order valence-corrected chi connectivity index (χ3v) is 5.01. The second kappa shape index (κ2) is 5.27. The summed E-state index contributed by atoms with van der Waals surface area (Å²) < 4.78 is 5.48. The number of hydrogen-bond donors (Lipinski definition) is 1. The van der Waals surface area contributed by atoms with E-state index in [4.69, 9.17) is 10.5 Å². The van der Waals surface area contributed by atoms with Crippen LogP contribution in [0.3, 0.4) is 0 Å². The Morgan fingerprint density at radius 3 is 2.55 bits per heavy atom. The molecule has 1 spiro atoms. The summed E-state index contributed by atoms with van der Waals surface area (Å²) in [5, 5.41) is 0. The van der Waals surface area contributed by atoms with Crippen molar-refractivity contribution in [2.75, 3.05) is 13.1 Å². The molecule has 1 fully saturated rings. The zero-order valence-electron chi connectivity index (χ0n) is 13.8. The van der Waals surface area contributed by atoms with Crippen LogP contribution in [0.1, 0.15) is 44.7 Å². The van der Waals surface area contributed by atoms with Crippen LogP contribution in [-0.2, 0) is 16.6 Å². The minimum absolute atomic E-state index is 0.0368. The Balaban J connectivity index is 1.73. The molecule has 1 aliphatic heterocycles. The maximum atomic E-state index is 12.2. The van der Waals surface area contributed by atoms with E-state index < -0.39 is 5.60 Å². The molecule has 0 bridgehead atoms. The average Bonchev–Trinajstić information content (AvgIpc) is 2.71. The molecule has 1 aromatic carbocycles. The number of ether oxygens (including phenoxy) is 1. The number of carbonyl (C=O) groups is 1. The number of nitrogens with two attached hydrogens (primary N) is 1. The van der Waals surface area contributed by atoms with Gasteiger partial charge in [0.05, 0.1) is 0 Å². The highest BCUT2D eigenvalue weighted by Crippen LogP contribution is 2.45. The van der Waals surface area contributed by atoms with Gasteiger partial charge in [0.15, 0.2) is 0 Å². The minimum atomic E-state index is -0.442. The first-order chi connectivity index (χ1) is 10.3. The second-order valence-corrected chi connectivity index (χ2v) is 7.59. The van der Waals surface area contributed by atoms with Gasteiger partial charge in [-0.15, -0.1) is 0 Å². The fourth-order valence-electron chi connectivity index (χ4n) is 3.87. The summed E-state index contributed by atoms with van der Waals surface area (Å²) in [5.41, 5.74) is 8.85. The van der Waals surface area contributed by atoms with Gasteiger partial charge in [0.1, 0.15) is 5.60 Å². The lowest BCUT2D eigenvalue weighted by molar-refractivity contribution is 0.0155. The Kier molecular flexibility index (Phi) is 3.68. The normalized spacial score (nSPS) is 23.5. The fourth-order valence-corrected chi connectivity index (χ4v) is 3.87. The zero-order valence-corrected chi connectivity index (χ0v) is 13.8. The highest BCUT2D eigenvalue weighted by molar-refractivity contribution is 5.68. The number of fused-ring (bicyclic) bond motifs is 2. The monoisotopic (exact) mass is 302 g/mol. The van der Waals surface area contributed by atoms with Crippen LogP contribution < -0.4 is 5.73 Å². The summed E-state index contributed by atoms with van der Waals surface area (Å²) in [4.78, 5) is 14.0. The lowest BCUT2D eigenvalue weighted by Gasteiger charge is -2.42. The highest BCUT2D eigenvalue weighted by Gasteiger charge is 2.47. The molecule has 0 radical (unpaired) electrons.